The summed E-state index contributed by atoms with van der Waals surface area (Å²) in [5, 5.41) is 0.735. The zero-order valence-corrected chi connectivity index (χ0v) is 9.69. The van der Waals surface area contributed by atoms with Crippen molar-refractivity contribution in [3.8, 4) is 5.75 Å². The molecule has 5 heteroatoms. The molecule has 0 unspecified atom stereocenters. The van der Waals surface area contributed by atoms with Gasteiger partial charge in [0.1, 0.15) is 10.9 Å². The van der Waals surface area contributed by atoms with Crippen molar-refractivity contribution in [2.45, 2.75) is 0 Å². The number of halogens is 1. The van der Waals surface area contributed by atoms with Gasteiger partial charge in [-0.15, -0.1) is 0 Å². The molecule has 0 bridgehead atoms. The molecule has 2 aromatic rings. The van der Waals surface area contributed by atoms with Gasteiger partial charge in [-0.25, -0.2) is 4.79 Å². The van der Waals surface area contributed by atoms with Gasteiger partial charge in [-0.3, -0.25) is 4.79 Å². The highest BCUT2D eigenvalue weighted by atomic mass is 79.9. The third kappa shape index (κ3) is 2.14. The molecule has 0 amide bonds. The van der Waals surface area contributed by atoms with Crippen LogP contribution < -0.4 is 10.4 Å². The molecule has 2 rings (SSSR count). The number of benzene rings is 1. The fourth-order valence-electron chi connectivity index (χ4n) is 1.26. The summed E-state index contributed by atoms with van der Waals surface area (Å²) in [6, 6.07) is 8.49. The van der Waals surface area contributed by atoms with E-state index >= 15 is 0 Å². The van der Waals surface area contributed by atoms with E-state index in [1.165, 1.54) is 6.07 Å². The Morgan fingerprint density at radius 3 is 2.88 bits per heavy atom. The lowest BCUT2D eigenvalue weighted by Crippen LogP contribution is -2.14. The number of para-hydroxylation sites is 1. The van der Waals surface area contributed by atoms with Crippen LogP contribution in [0.5, 0.6) is 5.75 Å². The molecule has 0 aliphatic carbocycles. The Balaban J connectivity index is 2.50. The second kappa shape index (κ2) is 4.49. The van der Waals surface area contributed by atoms with Gasteiger partial charge in [0.05, 0.1) is 0 Å². The van der Waals surface area contributed by atoms with E-state index < -0.39 is 11.6 Å². The molecular weight excluding hydrogens is 276 g/mol. The van der Waals surface area contributed by atoms with Gasteiger partial charge >= 0.3 is 11.6 Å². The van der Waals surface area contributed by atoms with Crippen LogP contribution in [0.3, 0.4) is 0 Å². The molecule has 0 atom stereocenters. The first-order valence-electron chi connectivity index (χ1n) is 4.50. The van der Waals surface area contributed by atoms with Crippen molar-refractivity contribution in [3.05, 3.63) is 40.8 Å². The molecule has 0 aliphatic rings. The van der Waals surface area contributed by atoms with Gasteiger partial charge in [0.15, 0.2) is 0 Å². The number of fused-ring (bicyclic) bond motifs is 1. The summed E-state index contributed by atoms with van der Waals surface area (Å²) in [7, 11) is 0. The van der Waals surface area contributed by atoms with Crippen molar-refractivity contribution in [1.29, 1.82) is 0 Å². The largest absolute Gasteiger partial charge is 0.420 e. The minimum absolute atomic E-state index is 0.0271. The zero-order chi connectivity index (χ0) is 11.5. The SMILES string of the molecule is O=C(CBr)Oc1cc2ccccc2oc1=O. The number of carbonyl (C=O) groups is 1. The summed E-state index contributed by atoms with van der Waals surface area (Å²) in [5.74, 6) is -0.634. The Hall–Kier alpha value is -1.62. The van der Waals surface area contributed by atoms with E-state index in [1.807, 2.05) is 0 Å². The first-order chi connectivity index (χ1) is 7.70. The molecule has 0 spiro atoms. The highest BCUT2D eigenvalue weighted by Gasteiger charge is 2.09. The van der Waals surface area contributed by atoms with Crippen molar-refractivity contribution in [2.24, 2.45) is 0 Å². The maximum atomic E-state index is 11.4. The lowest BCUT2D eigenvalue weighted by atomic mass is 10.2. The zero-order valence-electron chi connectivity index (χ0n) is 8.10. The van der Waals surface area contributed by atoms with Crippen molar-refractivity contribution >= 4 is 32.9 Å². The highest BCUT2D eigenvalue weighted by Crippen LogP contribution is 2.16. The van der Waals surface area contributed by atoms with Crippen LogP contribution in [0.4, 0.5) is 0 Å². The van der Waals surface area contributed by atoms with E-state index in [0.717, 1.165) is 0 Å². The molecule has 0 fully saturated rings. The molecule has 4 nitrogen and oxygen atoms in total. The topological polar surface area (TPSA) is 56.5 Å². The van der Waals surface area contributed by atoms with Gasteiger partial charge in [-0.1, -0.05) is 34.1 Å². The van der Waals surface area contributed by atoms with Gasteiger partial charge in [-0.2, -0.15) is 0 Å². The van der Waals surface area contributed by atoms with Gasteiger partial charge in [-0.05, 0) is 12.1 Å². The lowest BCUT2D eigenvalue weighted by molar-refractivity contribution is -0.131. The molecule has 0 aliphatic heterocycles. The Morgan fingerprint density at radius 1 is 1.38 bits per heavy atom. The number of alkyl halides is 1. The number of esters is 1. The van der Waals surface area contributed by atoms with Gasteiger partial charge in [0.2, 0.25) is 5.75 Å². The molecule has 1 heterocycles. The number of rotatable bonds is 2. The van der Waals surface area contributed by atoms with E-state index in [2.05, 4.69) is 15.9 Å². The standard InChI is InChI=1S/C11H7BrO4/c12-6-10(13)15-9-5-7-3-1-2-4-8(7)16-11(9)14/h1-5H,6H2. The van der Waals surface area contributed by atoms with Crippen LogP contribution in [0.25, 0.3) is 11.0 Å². The molecule has 0 radical (unpaired) electrons. The summed E-state index contributed by atoms with van der Waals surface area (Å²) in [4.78, 5) is 22.4. The van der Waals surface area contributed by atoms with E-state index in [4.69, 9.17) is 9.15 Å². The minimum Gasteiger partial charge on any atom is -0.420 e. The fourth-order valence-corrected chi connectivity index (χ4v) is 1.38. The van der Waals surface area contributed by atoms with Crippen molar-refractivity contribution in [3.63, 3.8) is 0 Å². The fraction of sp³-hybridized carbons (Fsp3) is 0.0909. The van der Waals surface area contributed by atoms with Crippen LogP contribution in [0.15, 0.2) is 39.5 Å². The molecule has 0 saturated heterocycles. The number of hydrogen-bond donors (Lipinski definition) is 0. The molecule has 0 saturated carbocycles. The van der Waals surface area contributed by atoms with Crippen molar-refractivity contribution < 1.29 is 13.9 Å². The van der Waals surface area contributed by atoms with Crippen LogP contribution in [-0.4, -0.2) is 11.3 Å². The summed E-state index contributed by atoms with van der Waals surface area (Å²) in [5.41, 5.74) is -0.195. The lowest BCUT2D eigenvalue weighted by Gasteiger charge is -2.01. The Morgan fingerprint density at radius 2 is 2.12 bits per heavy atom. The second-order valence-electron chi connectivity index (χ2n) is 3.04. The van der Waals surface area contributed by atoms with Gasteiger partial charge in [0.25, 0.3) is 0 Å². The summed E-state index contributed by atoms with van der Waals surface area (Å²) in [6.45, 7) is 0. The van der Waals surface area contributed by atoms with Crippen LogP contribution in [-0.2, 0) is 4.79 Å². The quantitative estimate of drug-likeness (QED) is 0.481. The van der Waals surface area contributed by atoms with E-state index in [9.17, 15) is 9.59 Å². The van der Waals surface area contributed by atoms with E-state index in [-0.39, 0.29) is 11.1 Å². The van der Waals surface area contributed by atoms with Gasteiger partial charge < -0.3 is 9.15 Å². The van der Waals surface area contributed by atoms with Crippen LogP contribution >= 0.6 is 15.9 Å². The maximum absolute atomic E-state index is 11.4. The summed E-state index contributed by atoms with van der Waals surface area (Å²) in [6.07, 6.45) is 0. The normalized spacial score (nSPS) is 10.3. The monoisotopic (exact) mass is 282 g/mol. The molecule has 1 aromatic carbocycles. The number of hydrogen-bond acceptors (Lipinski definition) is 4. The molecule has 1 aromatic heterocycles. The Labute approximate surface area is 99.0 Å². The Kier molecular flexibility index (Phi) is 3.05. The first-order valence-corrected chi connectivity index (χ1v) is 5.62. The molecular formula is C11H7BrO4. The molecule has 0 N–H and O–H groups in total. The highest BCUT2D eigenvalue weighted by molar-refractivity contribution is 9.09. The third-order valence-corrected chi connectivity index (χ3v) is 2.40. The number of carbonyl (C=O) groups excluding carboxylic acids is 1. The van der Waals surface area contributed by atoms with Crippen molar-refractivity contribution in [1.82, 2.24) is 0 Å². The first kappa shape index (κ1) is 10.9. The average molecular weight is 283 g/mol. The predicted octanol–water partition coefficient (Wildman–Crippen LogP) is 2.09. The van der Waals surface area contributed by atoms with Crippen LogP contribution in [0, 0.1) is 0 Å². The van der Waals surface area contributed by atoms with E-state index in [1.54, 1.807) is 24.3 Å². The molecule has 82 valence electrons. The maximum Gasteiger partial charge on any atom is 0.379 e. The van der Waals surface area contributed by atoms with Crippen LogP contribution in [0.1, 0.15) is 0 Å². The smallest absolute Gasteiger partial charge is 0.379 e. The Bertz CT molecular complexity index is 588. The average Bonchev–Trinajstić information content (AvgIpc) is 2.30. The van der Waals surface area contributed by atoms with E-state index in [0.29, 0.717) is 11.0 Å². The predicted molar refractivity (Wildman–Crippen MR) is 61.9 cm³/mol. The summed E-state index contributed by atoms with van der Waals surface area (Å²) >= 11 is 2.94. The third-order valence-electron chi connectivity index (χ3n) is 1.94. The number of ether oxygens (including phenoxy) is 1. The summed E-state index contributed by atoms with van der Waals surface area (Å²) < 4.78 is 9.80. The van der Waals surface area contributed by atoms with Crippen molar-refractivity contribution in [2.75, 3.05) is 5.33 Å². The second-order valence-corrected chi connectivity index (χ2v) is 3.60. The minimum atomic E-state index is -0.659. The van der Waals surface area contributed by atoms with Crippen LogP contribution in [0.2, 0.25) is 0 Å². The van der Waals surface area contributed by atoms with Gasteiger partial charge in [0, 0.05) is 5.39 Å². The molecule has 16 heavy (non-hydrogen) atoms.